The van der Waals surface area contributed by atoms with Crippen LogP contribution in [0.25, 0.3) is 0 Å². The maximum Gasteiger partial charge on any atom is 0.338 e. The van der Waals surface area contributed by atoms with E-state index in [0.29, 0.717) is 17.6 Å². The number of ether oxygens (including phenoxy) is 1. The third-order valence-corrected chi connectivity index (χ3v) is 5.74. The SMILES string of the molecule is CCOC(=O)c1cc(Br)cc(S(=O)(=O)N2CCCC(N)C2)c1.Cl. The van der Waals surface area contributed by atoms with Gasteiger partial charge in [0.15, 0.2) is 0 Å². The van der Waals surface area contributed by atoms with Gasteiger partial charge in [0.1, 0.15) is 0 Å². The van der Waals surface area contributed by atoms with E-state index in [1.165, 1.54) is 16.4 Å². The Kier molecular flexibility index (Phi) is 7.47. The molecular formula is C14H20BrClN2O4S. The van der Waals surface area contributed by atoms with Crippen molar-refractivity contribution in [3.05, 3.63) is 28.2 Å². The largest absolute Gasteiger partial charge is 0.462 e. The number of hydrogen-bond donors (Lipinski definition) is 1. The van der Waals surface area contributed by atoms with Crippen LogP contribution in [0.5, 0.6) is 0 Å². The number of carbonyl (C=O) groups excluding carboxylic acids is 1. The molecule has 1 unspecified atom stereocenters. The average Bonchev–Trinajstić information content (AvgIpc) is 2.47. The van der Waals surface area contributed by atoms with E-state index < -0.39 is 16.0 Å². The van der Waals surface area contributed by atoms with Crippen molar-refractivity contribution in [3.8, 4) is 0 Å². The molecule has 1 aliphatic rings. The number of halogens is 2. The summed E-state index contributed by atoms with van der Waals surface area (Å²) in [4.78, 5) is 11.9. The molecule has 23 heavy (non-hydrogen) atoms. The Hall–Kier alpha value is -0.670. The van der Waals surface area contributed by atoms with E-state index in [0.717, 1.165) is 12.8 Å². The zero-order valence-corrected chi connectivity index (χ0v) is 15.9. The van der Waals surface area contributed by atoms with E-state index in [1.54, 1.807) is 13.0 Å². The molecule has 2 N–H and O–H groups in total. The monoisotopic (exact) mass is 426 g/mol. The van der Waals surface area contributed by atoms with Crippen LogP contribution in [0.15, 0.2) is 27.6 Å². The first-order valence-corrected chi connectivity index (χ1v) is 9.31. The van der Waals surface area contributed by atoms with Gasteiger partial charge in [-0.2, -0.15) is 4.31 Å². The number of nitrogens with two attached hydrogens (primary N) is 1. The van der Waals surface area contributed by atoms with Crippen LogP contribution >= 0.6 is 28.3 Å². The zero-order valence-electron chi connectivity index (χ0n) is 12.7. The molecular weight excluding hydrogens is 408 g/mol. The maximum absolute atomic E-state index is 12.7. The van der Waals surface area contributed by atoms with Gasteiger partial charge < -0.3 is 10.5 Å². The number of nitrogens with zero attached hydrogens (tertiary/aromatic N) is 1. The van der Waals surface area contributed by atoms with E-state index in [9.17, 15) is 13.2 Å². The summed E-state index contributed by atoms with van der Waals surface area (Å²) in [6.45, 7) is 2.66. The first kappa shape index (κ1) is 20.4. The van der Waals surface area contributed by atoms with E-state index in [4.69, 9.17) is 10.5 Å². The Balaban J connectivity index is 0.00000264. The quantitative estimate of drug-likeness (QED) is 0.744. The Morgan fingerprint density at radius 3 is 2.74 bits per heavy atom. The molecule has 6 nitrogen and oxygen atoms in total. The number of carbonyl (C=O) groups is 1. The lowest BCUT2D eigenvalue weighted by molar-refractivity contribution is 0.0526. The molecule has 1 aromatic rings. The fourth-order valence-corrected chi connectivity index (χ4v) is 4.64. The van der Waals surface area contributed by atoms with E-state index in [-0.39, 0.29) is 35.5 Å². The van der Waals surface area contributed by atoms with Gasteiger partial charge in [0.2, 0.25) is 10.0 Å². The molecule has 0 bridgehead atoms. The molecule has 0 aromatic heterocycles. The maximum atomic E-state index is 12.7. The third-order valence-electron chi connectivity index (χ3n) is 3.44. The van der Waals surface area contributed by atoms with Gasteiger partial charge >= 0.3 is 5.97 Å². The average molecular weight is 428 g/mol. The summed E-state index contributed by atoms with van der Waals surface area (Å²) < 4.78 is 32.2. The molecule has 1 aliphatic heterocycles. The molecule has 1 aromatic carbocycles. The van der Waals surface area contributed by atoms with Crippen molar-refractivity contribution in [1.29, 1.82) is 0 Å². The van der Waals surface area contributed by atoms with Gasteiger partial charge in [0.25, 0.3) is 0 Å². The van der Waals surface area contributed by atoms with Crippen molar-refractivity contribution in [3.63, 3.8) is 0 Å². The van der Waals surface area contributed by atoms with Crippen LogP contribution in [-0.4, -0.2) is 44.4 Å². The number of benzene rings is 1. The van der Waals surface area contributed by atoms with Crippen molar-refractivity contribution < 1.29 is 17.9 Å². The van der Waals surface area contributed by atoms with Crippen molar-refractivity contribution in [2.45, 2.75) is 30.7 Å². The van der Waals surface area contributed by atoms with Gasteiger partial charge in [-0.15, -0.1) is 12.4 Å². The van der Waals surface area contributed by atoms with Crippen LogP contribution in [0.1, 0.15) is 30.1 Å². The summed E-state index contributed by atoms with van der Waals surface area (Å²) >= 11 is 3.25. The third kappa shape index (κ3) is 4.90. The summed E-state index contributed by atoms with van der Waals surface area (Å²) in [6.07, 6.45) is 1.55. The summed E-state index contributed by atoms with van der Waals surface area (Å²) in [6, 6.07) is 4.22. The lowest BCUT2D eigenvalue weighted by Crippen LogP contribution is -2.45. The van der Waals surface area contributed by atoms with Crippen LogP contribution in [0.4, 0.5) is 0 Å². The highest BCUT2D eigenvalue weighted by Crippen LogP contribution is 2.25. The second-order valence-electron chi connectivity index (χ2n) is 5.16. The highest BCUT2D eigenvalue weighted by molar-refractivity contribution is 9.10. The van der Waals surface area contributed by atoms with Crippen LogP contribution < -0.4 is 5.73 Å². The number of rotatable bonds is 4. The standard InChI is InChI=1S/C14H19BrN2O4S.ClH/c1-2-21-14(18)10-6-11(15)8-13(7-10)22(19,20)17-5-3-4-12(16)9-17;/h6-8,12H,2-5,9,16H2,1H3;1H. The highest BCUT2D eigenvalue weighted by atomic mass is 79.9. The summed E-state index contributed by atoms with van der Waals surface area (Å²) in [5, 5.41) is 0. The minimum absolute atomic E-state index is 0. The first-order chi connectivity index (χ1) is 10.3. The van der Waals surface area contributed by atoms with E-state index in [2.05, 4.69) is 15.9 Å². The molecule has 0 radical (unpaired) electrons. The zero-order chi connectivity index (χ0) is 16.3. The minimum atomic E-state index is -3.67. The van der Waals surface area contributed by atoms with Crippen molar-refractivity contribution in [2.75, 3.05) is 19.7 Å². The molecule has 130 valence electrons. The molecule has 2 rings (SSSR count). The predicted molar refractivity (Wildman–Crippen MR) is 93.3 cm³/mol. The second-order valence-corrected chi connectivity index (χ2v) is 8.02. The van der Waals surface area contributed by atoms with E-state index >= 15 is 0 Å². The van der Waals surface area contributed by atoms with Crippen molar-refractivity contribution in [2.24, 2.45) is 5.73 Å². The van der Waals surface area contributed by atoms with E-state index in [1.807, 2.05) is 0 Å². The molecule has 1 atom stereocenters. The Bertz CT molecular complexity index is 669. The summed E-state index contributed by atoms with van der Waals surface area (Å²) in [7, 11) is -3.67. The van der Waals surface area contributed by atoms with Gasteiger partial charge in [-0.3, -0.25) is 0 Å². The Labute approximate surface area is 151 Å². The highest BCUT2D eigenvalue weighted by Gasteiger charge is 2.29. The molecule has 1 fully saturated rings. The lowest BCUT2D eigenvalue weighted by Gasteiger charge is -2.30. The van der Waals surface area contributed by atoms with Crippen LogP contribution in [0.3, 0.4) is 0 Å². The minimum Gasteiger partial charge on any atom is -0.462 e. The Morgan fingerprint density at radius 2 is 2.13 bits per heavy atom. The lowest BCUT2D eigenvalue weighted by atomic mass is 10.1. The molecule has 0 amide bonds. The van der Waals surface area contributed by atoms with Crippen LogP contribution in [-0.2, 0) is 14.8 Å². The molecule has 1 saturated heterocycles. The van der Waals surface area contributed by atoms with Gasteiger partial charge in [0, 0.05) is 23.6 Å². The number of hydrogen-bond acceptors (Lipinski definition) is 5. The topological polar surface area (TPSA) is 89.7 Å². The van der Waals surface area contributed by atoms with Gasteiger partial charge in [0.05, 0.1) is 17.1 Å². The molecule has 1 heterocycles. The first-order valence-electron chi connectivity index (χ1n) is 7.08. The normalized spacial score (nSPS) is 19.0. The van der Waals surface area contributed by atoms with Crippen LogP contribution in [0, 0.1) is 0 Å². The van der Waals surface area contributed by atoms with Crippen LogP contribution in [0.2, 0.25) is 0 Å². The van der Waals surface area contributed by atoms with Gasteiger partial charge in [-0.1, -0.05) is 15.9 Å². The summed E-state index contributed by atoms with van der Waals surface area (Å²) in [5.41, 5.74) is 6.06. The Morgan fingerprint density at radius 1 is 1.43 bits per heavy atom. The number of piperidine rings is 1. The molecule has 0 spiro atoms. The molecule has 9 heteroatoms. The fourth-order valence-electron chi connectivity index (χ4n) is 2.39. The second kappa shape index (κ2) is 8.43. The fraction of sp³-hybridized carbons (Fsp3) is 0.500. The smallest absolute Gasteiger partial charge is 0.338 e. The molecule has 0 saturated carbocycles. The van der Waals surface area contributed by atoms with Crippen molar-refractivity contribution >= 4 is 44.3 Å². The summed E-state index contributed by atoms with van der Waals surface area (Å²) in [5.74, 6) is -0.546. The predicted octanol–water partition coefficient (Wildman–Crippen LogP) is 2.16. The van der Waals surface area contributed by atoms with Crippen molar-refractivity contribution in [1.82, 2.24) is 4.31 Å². The number of sulfonamides is 1. The van der Waals surface area contributed by atoms with Gasteiger partial charge in [-0.25, -0.2) is 13.2 Å². The molecule has 0 aliphatic carbocycles. The number of esters is 1. The van der Waals surface area contributed by atoms with Gasteiger partial charge in [-0.05, 0) is 38.0 Å².